The molecule has 0 bridgehead atoms. The van der Waals surface area contributed by atoms with Crippen LogP contribution >= 0.6 is 0 Å². The third-order valence-corrected chi connectivity index (χ3v) is 2.54. The number of carboxylic acids is 1. The van der Waals surface area contributed by atoms with Crippen LogP contribution in [0, 0.1) is 6.92 Å². The predicted octanol–water partition coefficient (Wildman–Crippen LogP) is 1.60. The summed E-state index contributed by atoms with van der Waals surface area (Å²) in [5, 5.41) is 11.6. The van der Waals surface area contributed by atoms with Crippen molar-refractivity contribution in [3.8, 4) is 5.75 Å². The molecule has 0 saturated heterocycles. The fourth-order valence-corrected chi connectivity index (χ4v) is 1.54. The van der Waals surface area contributed by atoms with E-state index in [9.17, 15) is 9.59 Å². The molecule has 0 radical (unpaired) electrons. The smallest absolute Gasteiger partial charge is 0.336 e. The molecule has 18 heavy (non-hydrogen) atoms. The van der Waals surface area contributed by atoms with E-state index in [-0.39, 0.29) is 11.5 Å². The van der Waals surface area contributed by atoms with Crippen molar-refractivity contribution in [2.75, 3.05) is 6.54 Å². The molecule has 2 N–H and O–H groups in total. The van der Waals surface area contributed by atoms with Crippen molar-refractivity contribution in [1.82, 2.24) is 5.32 Å². The van der Waals surface area contributed by atoms with Gasteiger partial charge in [0.2, 0.25) is 0 Å². The van der Waals surface area contributed by atoms with Gasteiger partial charge in [0.25, 0.3) is 5.91 Å². The second-order valence-corrected chi connectivity index (χ2v) is 3.89. The molecule has 0 aliphatic carbocycles. The number of rotatable bonds is 5. The van der Waals surface area contributed by atoms with Gasteiger partial charge >= 0.3 is 5.97 Å². The predicted molar refractivity (Wildman–Crippen MR) is 66.9 cm³/mol. The SMILES string of the molecule is CCNC(=O)C(C)Oc1cccc(C(=O)O)c1C. The maximum Gasteiger partial charge on any atom is 0.336 e. The van der Waals surface area contributed by atoms with Crippen LogP contribution in [0.3, 0.4) is 0 Å². The summed E-state index contributed by atoms with van der Waals surface area (Å²) in [5.74, 6) is -0.824. The summed E-state index contributed by atoms with van der Waals surface area (Å²) in [6.45, 7) is 5.63. The Bertz CT molecular complexity index is 456. The van der Waals surface area contributed by atoms with Gasteiger partial charge in [0.05, 0.1) is 5.56 Å². The number of carbonyl (C=O) groups excluding carboxylic acids is 1. The second kappa shape index (κ2) is 6.05. The van der Waals surface area contributed by atoms with Crippen LogP contribution in [0.4, 0.5) is 0 Å². The van der Waals surface area contributed by atoms with Crippen LogP contribution in [-0.2, 0) is 4.79 Å². The van der Waals surface area contributed by atoms with E-state index >= 15 is 0 Å². The molecule has 0 saturated carbocycles. The zero-order valence-corrected chi connectivity index (χ0v) is 10.7. The Kier molecular flexibility index (Phi) is 4.71. The lowest BCUT2D eigenvalue weighted by Gasteiger charge is -2.16. The third kappa shape index (κ3) is 3.23. The lowest BCUT2D eigenvalue weighted by molar-refractivity contribution is -0.127. The summed E-state index contributed by atoms with van der Waals surface area (Å²) < 4.78 is 5.47. The molecule has 0 fully saturated rings. The van der Waals surface area contributed by atoms with Gasteiger partial charge in [-0.15, -0.1) is 0 Å². The zero-order valence-electron chi connectivity index (χ0n) is 10.7. The van der Waals surface area contributed by atoms with Crippen LogP contribution in [0.2, 0.25) is 0 Å². The number of likely N-dealkylation sites (N-methyl/N-ethyl adjacent to an activating group) is 1. The average Bonchev–Trinajstić information content (AvgIpc) is 2.31. The molecule has 0 heterocycles. The Labute approximate surface area is 106 Å². The number of carboxylic acid groups (broad SMARTS) is 1. The van der Waals surface area contributed by atoms with Crippen molar-refractivity contribution in [3.63, 3.8) is 0 Å². The first kappa shape index (κ1) is 14.0. The lowest BCUT2D eigenvalue weighted by Crippen LogP contribution is -2.36. The average molecular weight is 251 g/mol. The van der Waals surface area contributed by atoms with Crippen molar-refractivity contribution < 1.29 is 19.4 Å². The Morgan fingerprint density at radius 3 is 2.67 bits per heavy atom. The molecule has 1 atom stereocenters. The van der Waals surface area contributed by atoms with Gasteiger partial charge in [-0.05, 0) is 32.9 Å². The fourth-order valence-electron chi connectivity index (χ4n) is 1.54. The van der Waals surface area contributed by atoms with Crippen LogP contribution in [0.1, 0.15) is 29.8 Å². The van der Waals surface area contributed by atoms with Gasteiger partial charge in [-0.1, -0.05) is 6.07 Å². The number of carbonyl (C=O) groups is 2. The largest absolute Gasteiger partial charge is 0.481 e. The van der Waals surface area contributed by atoms with Gasteiger partial charge in [-0.25, -0.2) is 4.79 Å². The second-order valence-electron chi connectivity index (χ2n) is 3.89. The first-order chi connectivity index (χ1) is 8.47. The highest BCUT2D eigenvalue weighted by atomic mass is 16.5. The topological polar surface area (TPSA) is 75.6 Å². The summed E-state index contributed by atoms with van der Waals surface area (Å²) in [7, 11) is 0. The standard InChI is InChI=1S/C13H17NO4/c1-4-14-12(15)9(3)18-11-7-5-6-10(8(11)2)13(16)17/h5-7,9H,4H2,1-3H3,(H,14,15)(H,16,17). The van der Waals surface area contributed by atoms with E-state index in [1.165, 1.54) is 6.07 Å². The maximum absolute atomic E-state index is 11.5. The molecule has 5 heteroatoms. The molecule has 1 amide bonds. The highest BCUT2D eigenvalue weighted by molar-refractivity contribution is 5.90. The quantitative estimate of drug-likeness (QED) is 0.833. The molecule has 1 unspecified atom stereocenters. The minimum absolute atomic E-state index is 0.176. The van der Waals surface area contributed by atoms with Crippen molar-refractivity contribution in [2.24, 2.45) is 0 Å². The molecule has 0 aliphatic rings. The first-order valence-corrected chi connectivity index (χ1v) is 5.74. The van der Waals surface area contributed by atoms with Gasteiger partial charge in [0.1, 0.15) is 5.75 Å². The van der Waals surface area contributed by atoms with Crippen LogP contribution in [0.5, 0.6) is 5.75 Å². The maximum atomic E-state index is 11.5. The van der Waals surface area contributed by atoms with Crippen LogP contribution < -0.4 is 10.1 Å². The Morgan fingerprint density at radius 2 is 2.11 bits per heavy atom. The van der Waals surface area contributed by atoms with Crippen molar-refractivity contribution in [3.05, 3.63) is 29.3 Å². The van der Waals surface area contributed by atoms with Crippen LogP contribution in [0.15, 0.2) is 18.2 Å². The number of nitrogens with one attached hydrogen (secondary N) is 1. The number of benzene rings is 1. The van der Waals surface area contributed by atoms with Crippen molar-refractivity contribution in [2.45, 2.75) is 26.9 Å². The molecule has 1 aromatic rings. The molecule has 0 aromatic heterocycles. The summed E-state index contributed by atoms with van der Waals surface area (Å²) >= 11 is 0. The Morgan fingerprint density at radius 1 is 1.44 bits per heavy atom. The number of amides is 1. The molecule has 0 aliphatic heterocycles. The van der Waals surface area contributed by atoms with Crippen molar-refractivity contribution >= 4 is 11.9 Å². The minimum Gasteiger partial charge on any atom is -0.481 e. The van der Waals surface area contributed by atoms with Gasteiger partial charge in [0.15, 0.2) is 6.10 Å². The monoisotopic (exact) mass is 251 g/mol. The molecule has 1 aromatic carbocycles. The number of hydrogen-bond acceptors (Lipinski definition) is 3. The number of aromatic carboxylic acids is 1. The summed E-state index contributed by atoms with van der Waals surface area (Å²) in [6, 6.07) is 4.75. The minimum atomic E-state index is -1.01. The molecule has 98 valence electrons. The van der Waals surface area contributed by atoms with E-state index in [0.717, 1.165) is 0 Å². The van der Waals surface area contributed by atoms with E-state index in [0.29, 0.717) is 17.9 Å². The Hall–Kier alpha value is -2.04. The molecule has 1 rings (SSSR count). The molecular weight excluding hydrogens is 234 g/mol. The highest BCUT2D eigenvalue weighted by Crippen LogP contribution is 2.22. The molecule has 5 nitrogen and oxygen atoms in total. The first-order valence-electron chi connectivity index (χ1n) is 5.74. The zero-order chi connectivity index (χ0) is 13.7. The van der Waals surface area contributed by atoms with E-state index in [1.54, 1.807) is 26.0 Å². The van der Waals surface area contributed by atoms with Gasteiger partial charge in [-0.2, -0.15) is 0 Å². The van der Waals surface area contributed by atoms with Crippen LogP contribution in [0.25, 0.3) is 0 Å². The normalized spacial score (nSPS) is 11.7. The lowest BCUT2D eigenvalue weighted by atomic mass is 10.1. The van der Waals surface area contributed by atoms with Gasteiger partial charge in [0, 0.05) is 12.1 Å². The molecular formula is C13H17NO4. The summed E-state index contributed by atoms with van der Waals surface area (Å²) in [5.41, 5.74) is 0.691. The summed E-state index contributed by atoms with van der Waals surface area (Å²) in [4.78, 5) is 22.5. The third-order valence-electron chi connectivity index (χ3n) is 2.54. The summed E-state index contributed by atoms with van der Waals surface area (Å²) in [6.07, 6.45) is -0.660. The van der Waals surface area contributed by atoms with Gasteiger partial charge < -0.3 is 15.2 Å². The van der Waals surface area contributed by atoms with E-state index in [1.807, 2.05) is 6.92 Å². The van der Waals surface area contributed by atoms with Crippen LogP contribution in [-0.4, -0.2) is 29.6 Å². The highest BCUT2D eigenvalue weighted by Gasteiger charge is 2.17. The number of ether oxygens (including phenoxy) is 1. The van der Waals surface area contributed by atoms with E-state index in [4.69, 9.17) is 9.84 Å². The van der Waals surface area contributed by atoms with E-state index in [2.05, 4.69) is 5.32 Å². The fraction of sp³-hybridized carbons (Fsp3) is 0.385. The van der Waals surface area contributed by atoms with E-state index < -0.39 is 12.1 Å². The molecule has 0 spiro atoms. The van der Waals surface area contributed by atoms with Crippen molar-refractivity contribution in [1.29, 1.82) is 0 Å². The Balaban J connectivity index is 2.88. The number of hydrogen-bond donors (Lipinski definition) is 2. The van der Waals surface area contributed by atoms with Gasteiger partial charge in [-0.3, -0.25) is 4.79 Å².